The molecule has 150 valence electrons. The van der Waals surface area contributed by atoms with E-state index in [1.165, 1.54) is 6.07 Å². The van der Waals surface area contributed by atoms with Crippen LogP contribution in [0.3, 0.4) is 0 Å². The second-order valence-electron chi connectivity index (χ2n) is 7.03. The summed E-state index contributed by atoms with van der Waals surface area (Å²) in [7, 11) is 0. The molecule has 0 saturated heterocycles. The number of hydrogen-bond acceptors (Lipinski definition) is 6. The van der Waals surface area contributed by atoms with Crippen molar-refractivity contribution >= 4 is 17.3 Å². The predicted molar refractivity (Wildman–Crippen MR) is 108 cm³/mol. The lowest BCUT2D eigenvalue weighted by atomic mass is 10.0. The van der Waals surface area contributed by atoms with Crippen LogP contribution < -0.4 is 14.8 Å². The number of anilines is 1. The quantitative estimate of drug-likeness (QED) is 0.521. The molecule has 0 fully saturated rings. The Morgan fingerprint density at radius 2 is 1.73 bits per heavy atom. The molecule has 8 heteroatoms. The van der Waals surface area contributed by atoms with Gasteiger partial charge in [-0.25, -0.2) is 0 Å². The van der Waals surface area contributed by atoms with E-state index in [1.807, 2.05) is 36.4 Å². The molecule has 2 aliphatic rings. The predicted octanol–water partition coefficient (Wildman–Crippen LogP) is 4.09. The van der Waals surface area contributed by atoms with E-state index in [1.54, 1.807) is 29.2 Å². The van der Waals surface area contributed by atoms with Gasteiger partial charge in [0.15, 0.2) is 11.5 Å². The van der Waals surface area contributed by atoms with Gasteiger partial charge in [0.25, 0.3) is 11.6 Å². The Bertz CT molecular complexity index is 1150. The Kier molecular flexibility index (Phi) is 4.24. The number of carbonyl (C=O) groups excluding carboxylic acids is 1. The van der Waals surface area contributed by atoms with Crippen LogP contribution in [0.5, 0.6) is 11.5 Å². The molecule has 3 aromatic carbocycles. The molecule has 0 aromatic heterocycles. The van der Waals surface area contributed by atoms with Crippen LogP contribution in [-0.2, 0) is 6.54 Å². The van der Waals surface area contributed by atoms with Crippen molar-refractivity contribution in [3.63, 3.8) is 0 Å². The molecular formula is C22H17N3O5. The van der Waals surface area contributed by atoms with E-state index in [2.05, 4.69) is 5.32 Å². The standard InChI is InChI=1S/C22H17N3O5/c26-22-15-8-4-5-9-17(15)23-21(24(22)12-14-6-2-1-3-7-14)16-10-19-20(30-13-29-19)11-18(16)25(27)28/h1-11,21,23H,12-13H2/t21-/m0/s1. The fraction of sp³-hybridized carbons (Fsp3) is 0.136. The van der Waals surface area contributed by atoms with E-state index in [4.69, 9.17) is 9.47 Å². The van der Waals surface area contributed by atoms with Gasteiger partial charge in [0.05, 0.1) is 22.1 Å². The number of nitrogens with one attached hydrogen (secondary N) is 1. The number of nitrogens with zero attached hydrogens (tertiary/aromatic N) is 2. The van der Waals surface area contributed by atoms with Gasteiger partial charge in [-0.3, -0.25) is 14.9 Å². The van der Waals surface area contributed by atoms with Crippen LogP contribution in [0.4, 0.5) is 11.4 Å². The normalized spacial score (nSPS) is 16.7. The van der Waals surface area contributed by atoms with Gasteiger partial charge < -0.3 is 19.7 Å². The molecule has 8 nitrogen and oxygen atoms in total. The average Bonchev–Trinajstić information content (AvgIpc) is 3.23. The fourth-order valence-corrected chi connectivity index (χ4v) is 3.81. The second-order valence-corrected chi connectivity index (χ2v) is 7.03. The first kappa shape index (κ1) is 18.0. The van der Waals surface area contributed by atoms with Gasteiger partial charge in [-0.1, -0.05) is 42.5 Å². The zero-order valence-electron chi connectivity index (χ0n) is 15.8. The minimum Gasteiger partial charge on any atom is -0.454 e. The molecule has 1 N–H and O–H groups in total. The van der Waals surface area contributed by atoms with Crippen molar-refractivity contribution in [1.82, 2.24) is 4.90 Å². The smallest absolute Gasteiger partial charge is 0.280 e. The summed E-state index contributed by atoms with van der Waals surface area (Å²) in [5.41, 5.74) is 2.27. The summed E-state index contributed by atoms with van der Waals surface area (Å²) >= 11 is 0. The fourth-order valence-electron chi connectivity index (χ4n) is 3.81. The third kappa shape index (κ3) is 2.98. The van der Waals surface area contributed by atoms with Crippen LogP contribution in [0.1, 0.15) is 27.7 Å². The Morgan fingerprint density at radius 1 is 1.03 bits per heavy atom. The first-order valence-electron chi connectivity index (χ1n) is 9.40. The molecule has 0 unspecified atom stereocenters. The largest absolute Gasteiger partial charge is 0.454 e. The lowest BCUT2D eigenvalue weighted by Gasteiger charge is -2.38. The molecular weight excluding hydrogens is 386 g/mol. The van der Waals surface area contributed by atoms with Crippen LogP contribution in [-0.4, -0.2) is 22.5 Å². The average molecular weight is 403 g/mol. The molecule has 5 rings (SSSR count). The highest BCUT2D eigenvalue weighted by Crippen LogP contribution is 2.44. The second kappa shape index (κ2) is 7.07. The summed E-state index contributed by atoms with van der Waals surface area (Å²) in [6.07, 6.45) is -0.748. The van der Waals surface area contributed by atoms with Crippen LogP contribution in [0.2, 0.25) is 0 Å². The molecule has 0 bridgehead atoms. The van der Waals surface area contributed by atoms with Gasteiger partial charge in [-0.15, -0.1) is 0 Å². The van der Waals surface area contributed by atoms with Gasteiger partial charge in [0.2, 0.25) is 6.79 Å². The SMILES string of the molecule is O=C1c2ccccc2N[C@H](c2cc3c(cc2[N+](=O)[O-])OCO3)N1Cc1ccccc1. The molecule has 1 amide bonds. The van der Waals surface area contributed by atoms with E-state index in [0.29, 0.717) is 28.3 Å². The third-order valence-corrected chi connectivity index (χ3v) is 5.23. The van der Waals surface area contributed by atoms with Crippen molar-refractivity contribution < 1.29 is 19.2 Å². The van der Waals surface area contributed by atoms with E-state index < -0.39 is 11.1 Å². The maximum Gasteiger partial charge on any atom is 0.280 e. The van der Waals surface area contributed by atoms with Gasteiger partial charge in [0, 0.05) is 12.2 Å². The van der Waals surface area contributed by atoms with E-state index in [9.17, 15) is 14.9 Å². The lowest BCUT2D eigenvalue weighted by molar-refractivity contribution is -0.385. The van der Waals surface area contributed by atoms with Crippen LogP contribution in [0.15, 0.2) is 66.7 Å². The Balaban J connectivity index is 1.65. The Hall–Kier alpha value is -4.07. The molecule has 0 aliphatic carbocycles. The van der Waals surface area contributed by atoms with Gasteiger partial charge in [0.1, 0.15) is 6.17 Å². The van der Waals surface area contributed by atoms with E-state index >= 15 is 0 Å². The number of rotatable bonds is 4. The topological polar surface area (TPSA) is 93.9 Å². The van der Waals surface area contributed by atoms with Gasteiger partial charge in [-0.05, 0) is 23.8 Å². The molecule has 30 heavy (non-hydrogen) atoms. The highest BCUT2D eigenvalue weighted by molar-refractivity contribution is 6.01. The number of nitro groups is 1. The van der Waals surface area contributed by atoms with Crippen molar-refractivity contribution in [2.75, 3.05) is 12.1 Å². The number of hydrogen-bond donors (Lipinski definition) is 1. The van der Waals surface area contributed by atoms with Crippen molar-refractivity contribution in [3.05, 3.63) is 93.5 Å². The molecule has 2 heterocycles. The minimum atomic E-state index is -0.748. The molecule has 3 aromatic rings. The molecule has 0 spiro atoms. The van der Waals surface area contributed by atoms with Gasteiger partial charge in [-0.2, -0.15) is 0 Å². The van der Waals surface area contributed by atoms with Crippen molar-refractivity contribution in [1.29, 1.82) is 0 Å². The third-order valence-electron chi connectivity index (χ3n) is 5.23. The summed E-state index contributed by atoms with van der Waals surface area (Å²) in [4.78, 5) is 26.3. The molecule has 0 saturated carbocycles. The summed E-state index contributed by atoms with van der Waals surface area (Å²) in [5.74, 6) is 0.538. The van der Waals surface area contributed by atoms with Crippen LogP contribution in [0, 0.1) is 10.1 Å². The monoisotopic (exact) mass is 403 g/mol. The maximum atomic E-state index is 13.4. The highest BCUT2D eigenvalue weighted by atomic mass is 16.7. The van der Waals surface area contributed by atoms with Crippen LogP contribution >= 0.6 is 0 Å². The number of carbonyl (C=O) groups is 1. The van der Waals surface area contributed by atoms with Gasteiger partial charge >= 0.3 is 0 Å². The summed E-state index contributed by atoms with van der Waals surface area (Å²) in [6.45, 7) is 0.292. The minimum absolute atomic E-state index is 0.00350. The summed E-state index contributed by atoms with van der Waals surface area (Å²) in [5, 5.41) is 15.1. The lowest BCUT2D eigenvalue weighted by Crippen LogP contribution is -2.42. The number of para-hydroxylation sites is 1. The molecule has 0 radical (unpaired) electrons. The number of fused-ring (bicyclic) bond motifs is 2. The first-order valence-corrected chi connectivity index (χ1v) is 9.40. The van der Waals surface area contributed by atoms with E-state index in [-0.39, 0.29) is 24.9 Å². The maximum absolute atomic E-state index is 13.4. The van der Waals surface area contributed by atoms with Crippen molar-refractivity contribution in [3.8, 4) is 11.5 Å². The molecule has 1 atom stereocenters. The summed E-state index contributed by atoms with van der Waals surface area (Å²) in [6, 6.07) is 19.6. The zero-order valence-corrected chi connectivity index (χ0v) is 15.8. The Morgan fingerprint density at radius 3 is 2.50 bits per heavy atom. The highest BCUT2D eigenvalue weighted by Gasteiger charge is 2.38. The molecule has 2 aliphatic heterocycles. The number of ether oxygens (including phenoxy) is 2. The van der Waals surface area contributed by atoms with Crippen molar-refractivity contribution in [2.45, 2.75) is 12.7 Å². The number of amides is 1. The van der Waals surface area contributed by atoms with Crippen LogP contribution in [0.25, 0.3) is 0 Å². The number of benzene rings is 3. The van der Waals surface area contributed by atoms with E-state index in [0.717, 1.165) is 5.56 Å². The zero-order chi connectivity index (χ0) is 20.7. The first-order chi connectivity index (χ1) is 14.6. The van der Waals surface area contributed by atoms with Crippen molar-refractivity contribution in [2.24, 2.45) is 0 Å². The summed E-state index contributed by atoms with van der Waals surface area (Å²) < 4.78 is 10.7. The number of nitro benzene ring substituents is 1. The Labute approximate surface area is 171 Å².